The fourth-order valence-corrected chi connectivity index (χ4v) is 5.31. The van der Waals surface area contributed by atoms with Crippen LogP contribution in [0.25, 0.3) is 0 Å². The maximum Gasteiger partial charge on any atom is 0.263 e. The molecule has 5 nitrogen and oxygen atoms in total. The second-order valence-corrected chi connectivity index (χ2v) is 8.83. The first-order chi connectivity index (χ1) is 11.7. The topological polar surface area (TPSA) is 66.5 Å². The van der Waals surface area contributed by atoms with Crippen LogP contribution in [0.5, 0.6) is 0 Å². The number of fused-ring (bicyclic) bond motifs is 1. The van der Waals surface area contributed by atoms with Crippen molar-refractivity contribution in [3.63, 3.8) is 0 Å². The van der Waals surface area contributed by atoms with Gasteiger partial charge in [-0.3, -0.25) is 9.52 Å². The number of sulfonamides is 1. The summed E-state index contributed by atoms with van der Waals surface area (Å²) in [5, 5.41) is 0. The molecule has 0 spiro atoms. The molecule has 1 amide bonds. The van der Waals surface area contributed by atoms with Gasteiger partial charge in [0.1, 0.15) is 4.90 Å². The van der Waals surface area contributed by atoms with Crippen LogP contribution in [0.4, 0.5) is 11.4 Å². The summed E-state index contributed by atoms with van der Waals surface area (Å²) in [6, 6.07) is 10.5. The third-order valence-electron chi connectivity index (χ3n) is 4.28. The Hall–Kier alpha value is -1.86. The van der Waals surface area contributed by atoms with Crippen molar-refractivity contribution < 1.29 is 13.2 Å². The molecule has 1 aliphatic heterocycles. The van der Waals surface area contributed by atoms with E-state index in [-0.39, 0.29) is 16.8 Å². The van der Waals surface area contributed by atoms with Crippen molar-refractivity contribution in [2.75, 3.05) is 9.62 Å². The quantitative estimate of drug-likeness (QED) is 0.816. The number of aryl methyl sites for hydroxylation is 1. The van der Waals surface area contributed by atoms with Crippen molar-refractivity contribution in [2.45, 2.75) is 38.1 Å². The first-order valence-electron chi connectivity index (χ1n) is 7.91. The summed E-state index contributed by atoms with van der Waals surface area (Å²) < 4.78 is 28.7. The van der Waals surface area contributed by atoms with Gasteiger partial charge in [0.15, 0.2) is 0 Å². The Morgan fingerprint density at radius 2 is 1.88 bits per heavy atom. The Morgan fingerprint density at radius 3 is 2.48 bits per heavy atom. The lowest BCUT2D eigenvalue weighted by atomic mass is 10.1. The molecule has 0 saturated heterocycles. The Bertz CT molecular complexity index is 940. The number of anilines is 2. The maximum atomic E-state index is 12.8. The first kappa shape index (κ1) is 17.9. The largest absolute Gasteiger partial charge is 0.309 e. The van der Waals surface area contributed by atoms with Crippen LogP contribution >= 0.6 is 15.9 Å². The van der Waals surface area contributed by atoms with Crippen LogP contribution in [0.3, 0.4) is 0 Å². The Kier molecular flexibility index (Phi) is 4.64. The van der Waals surface area contributed by atoms with Crippen LogP contribution in [0, 0.1) is 6.92 Å². The number of amides is 1. The number of benzene rings is 2. The fourth-order valence-electron chi connectivity index (χ4n) is 3.14. The van der Waals surface area contributed by atoms with Crippen LogP contribution < -0.4 is 9.62 Å². The van der Waals surface area contributed by atoms with E-state index in [1.54, 1.807) is 29.2 Å². The zero-order valence-corrected chi connectivity index (χ0v) is 16.6. The van der Waals surface area contributed by atoms with E-state index >= 15 is 0 Å². The predicted molar refractivity (Wildman–Crippen MR) is 102 cm³/mol. The summed E-state index contributed by atoms with van der Waals surface area (Å²) >= 11 is 3.36. The molecule has 0 unspecified atom stereocenters. The number of nitrogens with one attached hydrogen (secondary N) is 1. The zero-order chi connectivity index (χ0) is 18.4. The van der Waals surface area contributed by atoms with E-state index in [2.05, 4.69) is 20.7 Å². The van der Waals surface area contributed by atoms with Gasteiger partial charge in [0.25, 0.3) is 10.0 Å². The molecule has 1 aliphatic rings. The molecule has 0 aliphatic carbocycles. The number of carbonyl (C=O) groups excluding carboxylic acids is 1. The van der Waals surface area contributed by atoms with Crippen molar-refractivity contribution in [2.24, 2.45) is 0 Å². The summed E-state index contributed by atoms with van der Waals surface area (Å²) in [5.74, 6) is -0.0941. The highest BCUT2D eigenvalue weighted by Gasteiger charge is 2.32. The highest BCUT2D eigenvalue weighted by Crippen LogP contribution is 2.38. The number of hydrogen-bond acceptors (Lipinski definition) is 3. The van der Waals surface area contributed by atoms with Crippen LogP contribution in [0.2, 0.25) is 0 Å². The van der Waals surface area contributed by atoms with Gasteiger partial charge in [0, 0.05) is 28.8 Å². The lowest BCUT2D eigenvalue weighted by Crippen LogP contribution is -2.33. The lowest BCUT2D eigenvalue weighted by Gasteiger charge is -2.21. The number of hydrogen-bond donors (Lipinski definition) is 1. The number of halogens is 1. The molecule has 2 aromatic rings. The molecule has 0 bridgehead atoms. The van der Waals surface area contributed by atoms with Gasteiger partial charge in [0.2, 0.25) is 5.91 Å². The zero-order valence-electron chi connectivity index (χ0n) is 14.2. The van der Waals surface area contributed by atoms with E-state index < -0.39 is 10.0 Å². The molecule has 0 fully saturated rings. The van der Waals surface area contributed by atoms with Gasteiger partial charge in [-0.05, 0) is 66.0 Å². The Balaban J connectivity index is 2.02. The molecule has 7 heteroatoms. The molecule has 25 heavy (non-hydrogen) atoms. The number of carbonyl (C=O) groups is 1. The molecule has 0 radical (unpaired) electrons. The van der Waals surface area contributed by atoms with Crippen LogP contribution in [-0.2, 0) is 21.2 Å². The average molecular weight is 423 g/mol. The van der Waals surface area contributed by atoms with Crippen LogP contribution in [0.1, 0.15) is 25.0 Å². The van der Waals surface area contributed by atoms with Crippen molar-refractivity contribution >= 4 is 43.2 Å². The summed E-state index contributed by atoms with van der Waals surface area (Å²) in [6.45, 7) is 5.38. The van der Waals surface area contributed by atoms with E-state index in [0.717, 1.165) is 11.1 Å². The molecular weight excluding hydrogens is 404 g/mol. The molecule has 1 atom stereocenters. The third kappa shape index (κ3) is 3.43. The van der Waals surface area contributed by atoms with Crippen molar-refractivity contribution in [1.82, 2.24) is 0 Å². The van der Waals surface area contributed by atoms with E-state index in [9.17, 15) is 13.2 Å². The minimum atomic E-state index is -3.78. The van der Waals surface area contributed by atoms with Crippen molar-refractivity contribution in [3.8, 4) is 0 Å². The third-order valence-corrected chi connectivity index (χ3v) is 6.62. The van der Waals surface area contributed by atoms with E-state index in [1.807, 2.05) is 26.0 Å². The summed E-state index contributed by atoms with van der Waals surface area (Å²) in [5.41, 5.74) is 3.17. The number of nitrogens with zero attached hydrogens (tertiary/aromatic N) is 1. The molecule has 1 heterocycles. The van der Waals surface area contributed by atoms with Gasteiger partial charge >= 0.3 is 0 Å². The lowest BCUT2D eigenvalue weighted by molar-refractivity contribution is -0.116. The molecule has 132 valence electrons. The normalized spacial score (nSPS) is 16.6. The minimum absolute atomic E-state index is 0.0161. The van der Waals surface area contributed by atoms with Crippen LogP contribution in [0.15, 0.2) is 45.8 Å². The van der Waals surface area contributed by atoms with Gasteiger partial charge in [-0.25, -0.2) is 8.42 Å². The summed E-state index contributed by atoms with van der Waals surface area (Å²) in [4.78, 5) is 13.7. The van der Waals surface area contributed by atoms with Gasteiger partial charge in [-0.2, -0.15) is 0 Å². The fraction of sp³-hybridized carbons (Fsp3) is 0.278. The predicted octanol–water partition coefficient (Wildman–Crippen LogP) is 3.86. The van der Waals surface area contributed by atoms with Gasteiger partial charge in [-0.15, -0.1) is 0 Å². The highest BCUT2D eigenvalue weighted by atomic mass is 79.9. The standard InChI is InChI=1S/C18H19BrN2O3S/c1-11-4-6-15(7-5-11)20-25(23,24)18-10-17-14(9-16(18)19)8-12(2)21(17)13(3)22/h4-7,9-10,12,20H,8H2,1-3H3/t12-/m0/s1. The molecule has 2 aromatic carbocycles. The smallest absolute Gasteiger partial charge is 0.263 e. The van der Waals surface area contributed by atoms with Crippen molar-refractivity contribution in [1.29, 1.82) is 0 Å². The number of rotatable bonds is 3. The van der Waals surface area contributed by atoms with E-state index in [0.29, 0.717) is 22.3 Å². The average Bonchev–Trinajstić information content (AvgIpc) is 2.83. The van der Waals surface area contributed by atoms with Gasteiger partial charge < -0.3 is 4.90 Å². The van der Waals surface area contributed by atoms with E-state index in [1.165, 1.54) is 6.92 Å². The highest BCUT2D eigenvalue weighted by molar-refractivity contribution is 9.10. The monoisotopic (exact) mass is 422 g/mol. The summed E-state index contributed by atoms with van der Waals surface area (Å²) in [7, 11) is -3.78. The SMILES string of the molecule is CC(=O)N1c2cc(S(=O)(=O)Nc3ccc(C)cc3)c(Br)cc2C[C@@H]1C. The molecular formula is C18H19BrN2O3S. The molecule has 3 rings (SSSR count). The molecule has 0 aromatic heterocycles. The van der Waals surface area contributed by atoms with Gasteiger partial charge in [-0.1, -0.05) is 17.7 Å². The first-order valence-corrected chi connectivity index (χ1v) is 10.2. The summed E-state index contributed by atoms with van der Waals surface area (Å²) in [6.07, 6.45) is 0.708. The molecule has 0 saturated carbocycles. The second-order valence-electron chi connectivity index (χ2n) is 6.33. The maximum absolute atomic E-state index is 12.8. The van der Waals surface area contributed by atoms with Gasteiger partial charge in [0.05, 0.1) is 0 Å². The van der Waals surface area contributed by atoms with Crippen molar-refractivity contribution in [3.05, 3.63) is 52.0 Å². The Labute approximate surface area is 156 Å². The van der Waals surface area contributed by atoms with E-state index in [4.69, 9.17) is 0 Å². The minimum Gasteiger partial charge on any atom is -0.309 e. The molecule has 1 N–H and O–H groups in total. The Morgan fingerprint density at radius 1 is 1.24 bits per heavy atom. The second kappa shape index (κ2) is 6.46. The van der Waals surface area contributed by atoms with Crippen LogP contribution in [-0.4, -0.2) is 20.4 Å².